The van der Waals surface area contributed by atoms with Crippen LogP contribution in [0.1, 0.15) is 5.56 Å². The van der Waals surface area contributed by atoms with Gasteiger partial charge in [0.25, 0.3) is 0 Å². The van der Waals surface area contributed by atoms with E-state index in [9.17, 15) is 0 Å². The van der Waals surface area contributed by atoms with Gasteiger partial charge in [0.05, 0.1) is 6.54 Å². The van der Waals surface area contributed by atoms with E-state index >= 15 is 0 Å². The number of hydrogen-bond acceptors (Lipinski definition) is 4. The molecule has 2 atom stereocenters. The van der Waals surface area contributed by atoms with Gasteiger partial charge < -0.3 is 10.2 Å². The molecular weight excluding hydrogens is 248 g/mol. The Morgan fingerprint density at radius 2 is 1.95 bits per heavy atom. The molecule has 1 aromatic carbocycles. The molecule has 106 valence electrons. The van der Waals surface area contributed by atoms with Crippen molar-refractivity contribution in [3.8, 4) is 0 Å². The maximum atomic E-state index is 4.53. The molecule has 20 heavy (non-hydrogen) atoms. The lowest BCUT2D eigenvalue weighted by Gasteiger charge is -2.21. The number of rotatable bonds is 3. The fraction of sp³-hybridized carbons (Fsp3) is 0.562. The number of piperidine rings is 1. The lowest BCUT2D eigenvalue weighted by molar-refractivity contribution is 0.286. The molecule has 2 unspecified atom stereocenters. The normalized spacial score (nSPS) is 32.1. The molecule has 2 heterocycles. The van der Waals surface area contributed by atoms with Gasteiger partial charge >= 0.3 is 0 Å². The average molecular weight is 270 g/mol. The fourth-order valence-corrected chi connectivity index (χ4v) is 3.64. The minimum Gasteiger partial charge on any atom is -0.353 e. The highest BCUT2D eigenvalue weighted by atomic mass is 15.3. The highest BCUT2D eigenvalue weighted by Gasteiger charge is 2.56. The predicted molar refractivity (Wildman–Crippen MR) is 80.6 cm³/mol. The SMILES string of the molecule is CN1CCN=C1NC1C2CN(Cc3ccccc3)CC21. The Labute approximate surface area is 120 Å². The van der Waals surface area contributed by atoms with Crippen molar-refractivity contribution in [2.24, 2.45) is 16.8 Å². The lowest BCUT2D eigenvalue weighted by atomic mass is 10.2. The topological polar surface area (TPSA) is 30.9 Å². The van der Waals surface area contributed by atoms with Crippen LogP contribution >= 0.6 is 0 Å². The van der Waals surface area contributed by atoms with Gasteiger partial charge in [-0.2, -0.15) is 0 Å². The number of guanidine groups is 1. The number of likely N-dealkylation sites (tertiary alicyclic amines) is 1. The Kier molecular flexibility index (Phi) is 2.91. The summed E-state index contributed by atoms with van der Waals surface area (Å²) in [5.41, 5.74) is 1.43. The van der Waals surface area contributed by atoms with Crippen molar-refractivity contribution in [1.29, 1.82) is 0 Å². The van der Waals surface area contributed by atoms with Crippen molar-refractivity contribution < 1.29 is 0 Å². The Morgan fingerprint density at radius 3 is 2.60 bits per heavy atom. The first kappa shape index (κ1) is 12.2. The van der Waals surface area contributed by atoms with Crippen molar-refractivity contribution in [1.82, 2.24) is 15.1 Å². The van der Waals surface area contributed by atoms with Gasteiger partial charge in [-0.1, -0.05) is 30.3 Å². The molecule has 1 saturated heterocycles. The molecule has 0 spiro atoms. The molecule has 0 amide bonds. The zero-order valence-electron chi connectivity index (χ0n) is 12.0. The summed E-state index contributed by atoms with van der Waals surface area (Å²) in [7, 11) is 2.12. The Balaban J connectivity index is 1.29. The van der Waals surface area contributed by atoms with E-state index in [1.165, 1.54) is 18.7 Å². The summed E-state index contributed by atoms with van der Waals surface area (Å²) < 4.78 is 0. The third kappa shape index (κ3) is 2.18. The van der Waals surface area contributed by atoms with E-state index in [1.807, 2.05) is 0 Å². The summed E-state index contributed by atoms with van der Waals surface area (Å²) in [6, 6.07) is 11.5. The fourth-order valence-electron chi connectivity index (χ4n) is 3.64. The van der Waals surface area contributed by atoms with Crippen molar-refractivity contribution in [3.63, 3.8) is 0 Å². The molecular formula is C16H22N4. The third-order valence-corrected chi connectivity index (χ3v) is 4.87. The van der Waals surface area contributed by atoms with Crippen LogP contribution in [0.25, 0.3) is 0 Å². The van der Waals surface area contributed by atoms with E-state index in [-0.39, 0.29) is 0 Å². The van der Waals surface area contributed by atoms with Gasteiger partial charge in [0, 0.05) is 39.3 Å². The quantitative estimate of drug-likeness (QED) is 0.889. The van der Waals surface area contributed by atoms with Gasteiger partial charge in [0.15, 0.2) is 5.96 Å². The average Bonchev–Trinajstić information content (AvgIpc) is 2.80. The molecule has 1 N–H and O–H groups in total. The van der Waals surface area contributed by atoms with Gasteiger partial charge in [0.2, 0.25) is 0 Å². The number of benzene rings is 1. The number of aliphatic imine (C=N–C) groups is 1. The third-order valence-electron chi connectivity index (χ3n) is 4.87. The molecule has 4 heteroatoms. The second-order valence-electron chi connectivity index (χ2n) is 6.30. The van der Waals surface area contributed by atoms with Crippen molar-refractivity contribution in [3.05, 3.63) is 35.9 Å². The predicted octanol–water partition coefficient (Wildman–Crippen LogP) is 1.01. The first-order chi connectivity index (χ1) is 9.81. The first-order valence-electron chi connectivity index (χ1n) is 7.59. The van der Waals surface area contributed by atoms with Crippen molar-refractivity contribution in [2.75, 3.05) is 33.2 Å². The summed E-state index contributed by atoms with van der Waals surface area (Å²) in [6.07, 6.45) is 0. The molecule has 4 rings (SSSR count). The maximum Gasteiger partial charge on any atom is 0.194 e. The van der Waals surface area contributed by atoms with E-state index in [2.05, 4.69) is 57.5 Å². The standard InChI is InChI=1S/C16H22N4/c1-19-8-7-17-16(19)18-15-13-10-20(11-14(13)15)9-12-5-3-2-4-6-12/h2-6,13-15H,7-11H2,1H3,(H,17,18). The van der Waals surface area contributed by atoms with Crippen LogP contribution in [0.5, 0.6) is 0 Å². The Morgan fingerprint density at radius 1 is 1.20 bits per heavy atom. The van der Waals surface area contributed by atoms with Gasteiger partial charge in [-0.05, 0) is 17.4 Å². The van der Waals surface area contributed by atoms with Crippen molar-refractivity contribution >= 4 is 5.96 Å². The van der Waals surface area contributed by atoms with Gasteiger partial charge in [-0.3, -0.25) is 9.89 Å². The summed E-state index contributed by atoms with van der Waals surface area (Å²) in [6.45, 7) is 5.56. The monoisotopic (exact) mass is 270 g/mol. The Hall–Kier alpha value is -1.55. The minimum atomic E-state index is 0.668. The van der Waals surface area contributed by atoms with Gasteiger partial charge in [-0.15, -0.1) is 0 Å². The number of hydrogen-bond donors (Lipinski definition) is 1. The highest BCUT2D eigenvalue weighted by molar-refractivity contribution is 5.81. The van der Waals surface area contributed by atoms with E-state index < -0.39 is 0 Å². The van der Waals surface area contributed by atoms with E-state index in [4.69, 9.17) is 0 Å². The van der Waals surface area contributed by atoms with Crippen LogP contribution in [0.3, 0.4) is 0 Å². The number of nitrogens with zero attached hydrogens (tertiary/aromatic N) is 3. The van der Waals surface area contributed by atoms with Crippen LogP contribution in [0.15, 0.2) is 35.3 Å². The zero-order valence-corrected chi connectivity index (χ0v) is 12.0. The summed E-state index contributed by atoms with van der Waals surface area (Å²) >= 11 is 0. The van der Waals surface area contributed by atoms with Crippen LogP contribution in [-0.4, -0.2) is 55.0 Å². The molecule has 4 nitrogen and oxygen atoms in total. The van der Waals surface area contributed by atoms with Gasteiger partial charge in [0.1, 0.15) is 0 Å². The Bertz CT molecular complexity index is 500. The highest BCUT2D eigenvalue weighted by Crippen LogP contribution is 2.45. The van der Waals surface area contributed by atoms with Crippen LogP contribution in [0.4, 0.5) is 0 Å². The van der Waals surface area contributed by atoms with Crippen LogP contribution in [0, 0.1) is 11.8 Å². The smallest absolute Gasteiger partial charge is 0.194 e. The first-order valence-corrected chi connectivity index (χ1v) is 7.59. The largest absolute Gasteiger partial charge is 0.353 e. The van der Waals surface area contributed by atoms with Crippen molar-refractivity contribution in [2.45, 2.75) is 12.6 Å². The van der Waals surface area contributed by atoms with E-state index in [1.54, 1.807) is 0 Å². The molecule has 0 radical (unpaired) electrons. The number of nitrogens with one attached hydrogen (secondary N) is 1. The molecule has 0 bridgehead atoms. The molecule has 1 saturated carbocycles. The maximum absolute atomic E-state index is 4.53. The summed E-state index contributed by atoms with van der Waals surface area (Å²) in [5, 5.41) is 3.64. The molecule has 3 aliphatic rings. The molecule has 0 aromatic heterocycles. The second kappa shape index (κ2) is 4.77. The van der Waals surface area contributed by atoms with Gasteiger partial charge in [-0.25, -0.2) is 0 Å². The van der Waals surface area contributed by atoms with E-state index in [0.717, 1.165) is 37.4 Å². The molecule has 1 aromatic rings. The van der Waals surface area contributed by atoms with Crippen LogP contribution in [-0.2, 0) is 6.54 Å². The number of fused-ring (bicyclic) bond motifs is 1. The lowest BCUT2D eigenvalue weighted by Crippen LogP contribution is -2.40. The van der Waals surface area contributed by atoms with E-state index in [0.29, 0.717) is 6.04 Å². The molecule has 2 aliphatic heterocycles. The zero-order chi connectivity index (χ0) is 13.5. The van der Waals surface area contributed by atoms with Crippen LogP contribution < -0.4 is 5.32 Å². The minimum absolute atomic E-state index is 0.668. The molecule has 2 fully saturated rings. The van der Waals surface area contributed by atoms with Crippen LogP contribution in [0.2, 0.25) is 0 Å². The summed E-state index contributed by atoms with van der Waals surface area (Å²) in [4.78, 5) is 9.35. The summed E-state index contributed by atoms with van der Waals surface area (Å²) in [5.74, 6) is 2.77. The second-order valence-corrected chi connectivity index (χ2v) is 6.30. The number of likely N-dealkylation sites (N-methyl/N-ethyl adjacent to an activating group) is 1. The molecule has 1 aliphatic carbocycles.